The van der Waals surface area contributed by atoms with Gasteiger partial charge in [-0.05, 0) is 32.0 Å². The summed E-state index contributed by atoms with van der Waals surface area (Å²) in [6, 6.07) is 6.67. The van der Waals surface area contributed by atoms with E-state index in [4.69, 9.17) is 20.8 Å². The van der Waals surface area contributed by atoms with Crippen LogP contribution in [0.2, 0.25) is 5.02 Å². The average Bonchev–Trinajstić information content (AvgIpc) is 2.99. The summed E-state index contributed by atoms with van der Waals surface area (Å²) in [5.41, 5.74) is 1.09. The lowest BCUT2D eigenvalue weighted by atomic mass is 10.2. The highest BCUT2D eigenvalue weighted by Crippen LogP contribution is 2.32. The van der Waals surface area contributed by atoms with Crippen molar-refractivity contribution in [2.75, 3.05) is 38.6 Å². The van der Waals surface area contributed by atoms with E-state index in [1.807, 2.05) is 6.92 Å². The van der Waals surface area contributed by atoms with Gasteiger partial charge in [0.05, 0.1) is 23.4 Å². The third kappa shape index (κ3) is 4.03. The zero-order valence-corrected chi connectivity index (χ0v) is 16.3. The minimum Gasteiger partial charge on any atom is -0.493 e. The van der Waals surface area contributed by atoms with Crippen LogP contribution >= 0.6 is 11.6 Å². The third-order valence-corrected chi connectivity index (χ3v) is 4.84. The number of anilines is 1. The first-order chi connectivity index (χ1) is 12.9. The number of carbonyl (C=O) groups is 2. The molecule has 0 radical (unpaired) electrons. The first-order valence-electron chi connectivity index (χ1n) is 8.65. The second kappa shape index (κ2) is 7.92. The minimum absolute atomic E-state index is 0.0686. The fourth-order valence-electron chi connectivity index (χ4n) is 3.14. The maximum Gasteiger partial charge on any atom is 0.322 e. The number of hydrogen-bond donors (Lipinski definition) is 1. The number of nitrogens with zero attached hydrogens (tertiary/aromatic N) is 2. The van der Waals surface area contributed by atoms with E-state index in [9.17, 15) is 9.59 Å². The van der Waals surface area contributed by atoms with Crippen LogP contribution in [-0.4, -0.2) is 55.0 Å². The largest absolute Gasteiger partial charge is 0.493 e. The van der Waals surface area contributed by atoms with Crippen molar-refractivity contribution in [3.63, 3.8) is 0 Å². The van der Waals surface area contributed by atoms with Gasteiger partial charge in [-0.2, -0.15) is 0 Å². The molecule has 1 fully saturated rings. The smallest absolute Gasteiger partial charge is 0.322 e. The van der Waals surface area contributed by atoms with Gasteiger partial charge in [0.15, 0.2) is 5.75 Å². The Morgan fingerprint density at radius 3 is 2.41 bits per heavy atom. The number of aryl methyl sites for hydroxylation is 2. The molecule has 1 aliphatic rings. The summed E-state index contributed by atoms with van der Waals surface area (Å²) in [5.74, 6) is 1.68. The molecule has 2 aromatic rings. The number of methoxy groups -OCH3 is 1. The van der Waals surface area contributed by atoms with Crippen LogP contribution in [0.1, 0.15) is 21.9 Å². The molecule has 144 valence electrons. The summed E-state index contributed by atoms with van der Waals surface area (Å²) in [5, 5.41) is 3.25. The molecule has 0 atom stereocenters. The number of ether oxygens (including phenoxy) is 1. The van der Waals surface area contributed by atoms with Gasteiger partial charge in [-0.1, -0.05) is 17.7 Å². The van der Waals surface area contributed by atoms with E-state index in [1.165, 1.54) is 7.11 Å². The summed E-state index contributed by atoms with van der Waals surface area (Å²) in [7, 11) is 1.50. The van der Waals surface area contributed by atoms with Crippen LogP contribution in [-0.2, 0) is 0 Å². The van der Waals surface area contributed by atoms with Crippen molar-refractivity contribution in [3.05, 3.63) is 46.4 Å². The molecule has 0 unspecified atom stereocenters. The van der Waals surface area contributed by atoms with Crippen molar-refractivity contribution < 1.29 is 18.7 Å². The molecule has 7 nitrogen and oxygen atoms in total. The van der Waals surface area contributed by atoms with Crippen LogP contribution in [0.5, 0.6) is 5.75 Å². The monoisotopic (exact) mass is 391 g/mol. The highest BCUT2D eigenvalue weighted by atomic mass is 35.5. The second-order valence-corrected chi connectivity index (χ2v) is 6.76. The Kier molecular flexibility index (Phi) is 5.60. The number of halogens is 1. The minimum atomic E-state index is -0.252. The zero-order valence-electron chi connectivity index (χ0n) is 15.5. The van der Waals surface area contributed by atoms with Crippen LogP contribution in [0.15, 0.2) is 28.7 Å². The Bertz CT molecular complexity index is 857. The molecule has 1 N–H and O–H groups in total. The highest BCUT2D eigenvalue weighted by molar-refractivity contribution is 6.32. The van der Waals surface area contributed by atoms with E-state index >= 15 is 0 Å². The standard InChI is InChI=1S/C19H22ClN3O4/c1-12-11-14(13(2)27-12)18(24)22-7-9-23(10-8-22)19(25)21-16-6-4-5-15(20)17(16)26-3/h4-6,11H,7-10H2,1-3H3,(H,21,25). The predicted molar refractivity (Wildman–Crippen MR) is 103 cm³/mol. The van der Waals surface area contributed by atoms with Crippen LogP contribution in [0.3, 0.4) is 0 Å². The normalized spacial score (nSPS) is 14.2. The number of piperazine rings is 1. The molecule has 1 aliphatic heterocycles. The van der Waals surface area contributed by atoms with E-state index in [-0.39, 0.29) is 11.9 Å². The molecular weight excluding hydrogens is 370 g/mol. The summed E-state index contributed by atoms with van der Waals surface area (Å²) in [6.07, 6.45) is 0. The Morgan fingerprint density at radius 2 is 1.81 bits per heavy atom. The fraction of sp³-hybridized carbons (Fsp3) is 0.368. The van der Waals surface area contributed by atoms with E-state index in [1.54, 1.807) is 41.0 Å². The first kappa shape index (κ1) is 19.1. The average molecular weight is 392 g/mol. The molecule has 3 rings (SSSR count). The molecular formula is C19H22ClN3O4. The Hall–Kier alpha value is -2.67. The predicted octanol–water partition coefficient (Wildman–Crippen LogP) is 3.55. The molecule has 0 spiro atoms. The van der Waals surface area contributed by atoms with Crippen molar-refractivity contribution in [3.8, 4) is 5.75 Å². The van der Waals surface area contributed by atoms with E-state index < -0.39 is 0 Å². The Morgan fingerprint density at radius 1 is 1.15 bits per heavy atom. The highest BCUT2D eigenvalue weighted by Gasteiger charge is 2.27. The van der Waals surface area contributed by atoms with Gasteiger partial charge >= 0.3 is 6.03 Å². The Labute approximate surface area is 162 Å². The van der Waals surface area contributed by atoms with Gasteiger partial charge in [0.25, 0.3) is 5.91 Å². The van der Waals surface area contributed by atoms with E-state index in [0.29, 0.717) is 59.7 Å². The number of benzene rings is 1. The number of amides is 3. The topological polar surface area (TPSA) is 75.0 Å². The lowest BCUT2D eigenvalue weighted by Crippen LogP contribution is -2.51. The zero-order chi connectivity index (χ0) is 19.6. The van der Waals surface area contributed by atoms with E-state index in [0.717, 1.165) is 0 Å². The van der Waals surface area contributed by atoms with Crippen molar-refractivity contribution in [2.24, 2.45) is 0 Å². The lowest BCUT2D eigenvalue weighted by Gasteiger charge is -2.34. The molecule has 1 aromatic carbocycles. The molecule has 8 heteroatoms. The number of carbonyl (C=O) groups excluding carboxylic acids is 2. The molecule has 27 heavy (non-hydrogen) atoms. The quantitative estimate of drug-likeness (QED) is 0.868. The maximum absolute atomic E-state index is 12.6. The molecule has 2 heterocycles. The summed E-state index contributed by atoms with van der Waals surface area (Å²) in [6.45, 7) is 5.40. The lowest BCUT2D eigenvalue weighted by molar-refractivity contribution is 0.0670. The molecule has 0 saturated carbocycles. The molecule has 1 aromatic heterocycles. The van der Waals surface area contributed by atoms with Gasteiger partial charge in [-0.3, -0.25) is 4.79 Å². The van der Waals surface area contributed by atoms with Crippen molar-refractivity contribution in [1.82, 2.24) is 9.80 Å². The van der Waals surface area contributed by atoms with Crippen molar-refractivity contribution in [1.29, 1.82) is 0 Å². The van der Waals surface area contributed by atoms with Gasteiger partial charge < -0.3 is 24.3 Å². The van der Waals surface area contributed by atoms with Crippen LogP contribution in [0, 0.1) is 13.8 Å². The number of hydrogen-bond acceptors (Lipinski definition) is 4. The summed E-state index contributed by atoms with van der Waals surface area (Å²) < 4.78 is 10.7. The van der Waals surface area contributed by atoms with Crippen molar-refractivity contribution in [2.45, 2.75) is 13.8 Å². The SMILES string of the molecule is COc1c(Cl)cccc1NC(=O)N1CCN(C(=O)c2cc(C)oc2C)CC1. The molecule has 1 saturated heterocycles. The van der Waals surface area contributed by atoms with Crippen molar-refractivity contribution >= 4 is 29.2 Å². The van der Waals surface area contributed by atoms with Crippen LogP contribution < -0.4 is 10.1 Å². The third-order valence-electron chi connectivity index (χ3n) is 4.54. The number of para-hydroxylation sites is 1. The summed E-state index contributed by atoms with van der Waals surface area (Å²) >= 11 is 6.08. The summed E-state index contributed by atoms with van der Waals surface area (Å²) in [4.78, 5) is 28.6. The van der Waals surface area contributed by atoms with E-state index in [2.05, 4.69) is 5.32 Å². The molecule has 0 bridgehead atoms. The number of furan rings is 1. The van der Waals surface area contributed by atoms with Gasteiger partial charge in [-0.15, -0.1) is 0 Å². The number of rotatable bonds is 3. The van der Waals surface area contributed by atoms with Crippen LogP contribution in [0.4, 0.5) is 10.5 Å². The fourth-order valence-corrected chi connectivity index (χ4v) is 3.39. The Balaban J connectivity index is 1.61. The molecule has 0 aliphatic carbocycles. The van der Waals surface area contributed by atoms with Gasteiger partial charge in [0, 0.05) is 26.2 Å². The van der Waals surface area contributed by atoms with Gasteiger partial charge in [-0.25, -0.2) is 4.79 Å². The van der Waals surface area contributed by atoms with Gasteiger partial charge in [0.2, 0.25) is 0 Å². The van der Waals surface area contributed by atoms with Gasteiger partial charge in [0.1, 0.15) is 11.5 Å². The second-order valence-electron chi connectivity index (χ2n) is 6.36. The molecule has 3 amide bonds. The first-order valence-corrected chi connectivity index (χ1v) is 9.03. The maximum atomic E-state index is 12.6. The van der Waals surface area contributed by atoms with Crippen LogP contribution in [0.25, 0.3) is 0 Å². The number of urea groups is 1. The number of nitrogens with one attached hydrogen (secondary N) is 1.